The van der Waals surface area contributed by atoms with Crippen molar-refractivity contribution in [3.05, 3.63) is 29.8 Å². The van der Waals surface area contributed by atoms with Crippen LogP contribution in [-0.4, -0.2) is 133 Å². The Morgan fingerprint density at radius 2 is 1.57 bits per heavy atom. The van der Waals surface area contributed by atoms with Crippen molar-refractivity contribution in [2.75, 3.05) is 27.4 Å². The molecule has 5 aliphatic carbocycles. The molecule has 0 unspecified atom stereocenters. The third-order valence-electron chi connectivity index (χ3n) is 17.7. The molecule has 0 amide bonds. The monoisotopic (exact) mass is 858 g/mol. The molecule has 0 radical (unpaired) electrons. The molecule has 15 nitrogen and oxygen atoms in total. The molecule has 1 aromatic rings. The van der Waals surface area contributed by atoms with E-state index in [9.17, 15) is 30.0 Å². The average Bonchev–Trinajstić information content (AvgIpc) is 3.76. The number of fused-ring (bicyclic) bond motifs is 6. The molecule has 20 atom stereocenters. The van der Waals surface area contributed by atoms with Gasteiger partial charge in [0.15, 0.2) is 24.3 Å². The molecule has 0 bridgehead atoms. The highest BCUT2D eigenvalue weighted by Gasteiger charge is 2.81. The topological polar surface area (TPSA) is 198 Å². The summed E-state index contributed by atoms with van der Waals surface area (Å²) in [5, 5.41) is 46.3. The third-order valence-corrected chi connectivity index (χ3v) is 17.7. The maximum atomic E-state index is 13.3. The van der Waals surface area contributed by atoms with Gasteiger partial charge in [-0.15, -0.1) is 0 Å². The molecule has 8 fully saturated rings. The quantitative estimate of drug-likeness (QED) is 0.234. The van der Waals surface area contributed by atoms with Crippen molar-refractivity contribution in [3.8, 4) is 5.75 Å². The standard InChI is InChI=1S/C46H66O15/c1-8-15-45(23(2)46(52)34(60-45)19-30-28-18-33(54-7)44-20-26(44)13-16-42(44,4)29(28)14-17-43(30,46)5)61-41-38(57-24(3)47)36(32(49)22-56-41)59-40-37(35(50)31(48)21-55-40)58-39(51)25-9-11-27(53-6)12-10-25/h9-12,23,26,28-38,40-41,48-50,52H,8,13-22H2,1-7H3/t23-,26-,28-,29+,30+,31-,32+,33-,34+,35+,36+,37-,38-,40+,41+,42-,43+,44+,45+,46-/m1/s1. The van der Waals surface area contributed by atoms with E-state index in [0.29, 0.717) is 36.8 Å². The lowest BCUT2D eigenvalue weighted by atomic mass is 9.44. The van der Waals surface area contributed by atoms with Crippen LogP contribution >= 0.6 is 0 Å². The van der Waals surface area contributed by atoms with E-state index >= 15 is 0 Å². The van der Waals surface area contributed by atoms with Gasteiger partial charge in [-0.3, -0.25) is 4.79 Å². The Labute approximate surface area is 358 Å². The smallest absolute Gasteiger partial charge is 0.338 e. The molecule has 5 saturated carbocycles. The number of ether oxygens (including phenoxy) is 9. The molecule has 61 heavy (non-hydrogen) atoms. The first kappa shape index (κ1) is 43.8. The number of carbonyl (C=O) groups excluding carboxylic acids is 2. The maximum absolute atomic E-state index is 13.3. The van der Waals surface area contributed by atoms with Crippen LogP contribution in [0.3, 0.4) is 0 Å². The summed E-state index contributed by atoms with van der Waals surface area (Å²) in [6, 6.07) is 6.12. The fraction of sp³-hybridized carbons (Fsp3) is 0.826. The van der Waals surface area contributed by atoms with Gasteiger partial charge in [0.1, 0.15) is 35.8 Å². The molecule has 1 spiro atoms. The van der Waals surface area contributed by atoms with Gasteiger partial charge in [0, 0.05) is 37.2 Å². The van der Waals surface area contributed by atoms with Gasteiger partial charge in [0.25, 0.3) is 0 Å². The van der Waals surface area contributed by atoms with Gasteiger partial charge in [0.05, 0.1) is 38.1 Å². The predicted octanol–water partition coefficient (Wildman–Crippen LogP) is 3.89. The van der Waals surface area contributed by atoms with Gasteiger partial charge >= 0.3 is 11.9 Å². The number of hydrogen-bond acceptors (Lipinski definition) is 15. The molecule has 15 heteroatoms. The molecular weight excluding hydrogens is 792 g/mol. The number of rotatable bonds is 11. The number of carbonyl (C=O) groups is 2. The van der Waals surface area contributed by atoms with Crippen molar-refractivity contribution in [1.82, 2.24) is 0 Å². The summed E-state index contributed by atoms with van der Waals surface area (Å²) < 4.78 is 55.2. The normalized spacial score (nSPS) is 50.7. The fourth-order valence-corrected chi connectivity index (χ4v) is 14.6. The van der Waals surface area contributed by atoms with Gasteiger partial charge in [0.2, 0.25) is 6.29 Å². The summed E-state index contributed by atoms with van der Waals surface area (Å²) in [5.74, 6) is -0.948. The molecule has 4 N–H and O–H groups in total. The van der Waals surface area contributed by atoms with E-state index in [1.807, 2.05) is 21.0 Å². The lowest BCUT2D eigenvalue weighted by Crippen LogP contribution is -2.64. The highest BCUT2D eigenvalue weighted by molar-refractivity contribution is 5.89. The van der Waals surface area contributed by atoms with Crippen LogP contribution in [0.25, 0.3) is 0 Å². The lowest BCUT2D eigenvalue weighted by molar-refractivity contribution is -0.378. The second kappa shape index (κ2) is 15.6. The van der Waals surface area contributed by atoms with E-state index in [0.717, 1.165) is 25.2 Å². The second-order valence-electron chi connectivity index (χ2n) is 20.1. The van der Waals surface area contributed by atoms with Crippen molar-refractivity contribution >= 4 is 11.9 Å². The second-order valence-corrected chi connectivity index (χ2v) is 20.1. The van der Waals surface area contributed by atoms with E-state index < -0.39 is 90.0 Å². The summed E-state index contributed by atoms with van der Waals surface area (Å²) in [5.41, 5.74) is -1.05. The van der Waals surface area contributed by atoms with E-state index in [1.165, 1.54) is 45.4 Å². The fourth-order valence-electron chi connectivity index (χ4n) is 14.6. The lowest BCUT2D eigenvalue weighted by Gasteiger charge is -2.62. The largest absolute Gasteiger partial charge is 0.497 e. The van der Waals surface area contributed by atoms with Crippen molar-refractivity contribution in [3.63, 3.8) is 0 Å². The van der Waals surface area contributed by atoms with Gasteiger partial charge in [-0.05, 0) is 98.3 Å². The average molecular weight is 859 g/mol. The SMILES string of the molecule is CCC[C@@]1(O[C@@H]2OC[C@H](O)[C@H](O[C@@H]3OC[C@@H](O)[C@H](O)[C@H]3OC(=O)c3ccc(OC)cc3)[C@H]2OC(C)=O)O[C@H]2C[C@H]3[C@@H]4C[C@@H](OC)[C@]56C[C@H]5CC[C@]6(C)[C@H]4CC[C@]3(C)[C@@]2(O)[C@@H]1C. The number of benzene rings is 1. The highest BCUT2D eigenvalue weighted by atomic mass is 16.8. The first-order chi connectivity index (χ1) is 29.0. The van der Waals surface area contributed by atoms with E-state index in [-0.39, 0.29) is 41.6 Å². The Morgan fingerprint density at radius 1 is 0.869 bits per heavy atom. The van der Waals surface area contributed by atoms with Gasteiger partial charge in [-0.25, -0.2) is 4.79 Å². The van der Waals surface area contributed by atoms with Gasteiger partial charge in [-0.1, -0.05) is 34.1 Å². The zero-order valence-corrected chi connectivity index (χ0v) is 36.5. The Bertz CT molecular complexity index is 1810. The summed E-state index contributed by atoms with van der Waals surface area (Å²) in [7, 11) is 3.37. The Balaban J connectivity index is 0.962. The van der Waals surface area contributed by atoms with Crippen LogP contribution in [-0.2, 0) is 42.7 Å². The number of aliphatic hydroxyl groups is 4. The van der Waals surface area contributed by atoms with Crippen LogP contribution in [0.15, 0.2) is 24.3 Å². The highest BCUT2D eigenvalue weighted by Crippen LogP contribution is 2.83. The zero-order valence-electron chi connectivity index (χ0n) is 36.5. The Morgan fingerprint density at radius 3 is 2.25 bits per heavy atom. The predicted molar refractivity (Wildman–Crippen MR) is 214 cm³/mol. The van der Waals surface area contributed by atoms with Crippen molar-refractivity contribution in [1.29, 1.82) is 0 Å². The molecule has 0 aromatic heterocycles. The minimum Gasteiger partial charge on any atom is -0.497 e. The van der Waals surface area contributed by atoms with Crippen molar-refractivity contribution < 1.29 is 72.6 Å². The van der Waals surface area contributed by atoms with E-state index in [1.54, 1.807) is 12.1 Å². The first-order valence-electron chi connectivity index (χ1n) is 22.6. The Hall–Kier alpha value is -2.44. The van der Waals surface area contributed by atoms with Crippen LogP contribution in [0.4, 0.5) is 0 Å². The molecule has 3 aliphatic heterocycles. The molecule has 1 aromatic carbocycles. The van der Waals surface area contributed by atoms with E-state index in [4.69, 9.17) is 42.6 Å². The number of aliphatic hydroxyl groups excluding tert-OH is 3. The zero-order chi connectivity index (χ0) is 43.4. The number of methoxy groups -OCH3 is 2. The number of esters is 2. The van der Waals surface area contributed by atoms with Crippen LogP contribution in [0.1, 0.15) is 103 Å². The van der Waals surface area contributed by atoms with Crippen LogP contribution in [0.2, 0.25) is 0 Å². The Kier molecular flexibility index (Phi) is 11.2. The molecule has 340 valence electrons. The minimum absolute atomic E-state index is 0.140. The summed E-state index contributed by atoms with van der Waals surface area (Å²) >= 11 is 0. The summed E-state index contributed by atoms with van der Waals surface area (Å²) in [6.07, 6.45) is -3.47. The molecule has 8 aliphatic rings. The number of hydrogen-bond donors (Lipinski definition) is 4. The molecule has 3 saturated heterocycles. The third kappa shape index (κ3) is 6.40. The molecule has 3 heterocycles. The minimum atomic E-state index is -1.63. The van der Waals surface area contributed by atoms with Crippen LogP contribution < -0.4 is 4.74 Å². The van der Waals surface area contributed by atoms with Crippen LogP contribution in [0.5, 0.6) is 5.75 Å². The molecule has 9 rings (SSSR count). The molecular formula is C46H66O15. The van der Waals surface area contributed by atoms with E-state index in [2.05, 4.69) is 13.8 Å². The summed E-state index contributed by atoms with van der Waals surface area (Å²) in [4.78, 5) is 26.0. The summed E-state index contributed by atoms with van der Waals surface area (Å²) in [6.45, 7) is 9.32. The van der Waals surface area contributed by atoms with Gasteiger partial charge < -0.3 is 63.1 Å². The van der Waals surface area contributed by atoms with Gasteiger partial charge in [-0.2, -0.15) is 0 Å². The van der Waals surface area contributed by atoms with Crippen LogP contribution in [0, 0.1) is 45.8 Å². The van der Waals surface area contributed by atoms with Crippen molar-refractivity contribution in [2.45, 2.75) is 165 Å². The first-order valence-corrected chi connectivity index (χ1v) is 22.6. The van der Waals surface area contributed by atoms with Crippen molar-refractivity contribution in [2.24, 2.45) is 45.8 Å². The maximum Gasteiger partial charge on any atom is 0.338 e.